The van der Waals surface area contributed by atoms with Gasteiger partial charge in [-0.05, 0) is 55.5 Å². The molecule has 1 heterocycles. The molecule has 0 fully saturated rings. The van der Waals surface area contributed by atoms with Crippen molar-refractivity contribution in [1.82, 2.24) is 0 Å². The van der Waals surface area contributed by atoms with Gasteiger partial charge in [-0.2, -0.15) is 0 Å². The van der Waals surface area contributed by atoms with Crippen molar-refractivity contribution in [2.24, 2.45) is 0 Å². The Labute approximate surface area is 138 Å². The monoisotopic (exact) mass is 321 g/mol. The minimum absolute atomic E-state index is 0.220. The standard InChI is InChI=1S/C19H15NO4/c1-13-4-10-16(11-5-13)24-19(22)14-6-8-15(9-7-14)20-18(21)17-3-2-12-23-17/h2-12H,1H3,(H,20,21). The molecule has 1 aromatic heterocycles. The van der Waals surface area contributed by atoms with E-state index in [-0.39, 0.29) is 11.7 Å². The number of ether oxygens (including phenoxy) is 1. The number of nitrogens with one attached hydrogen (secondary N) is 1. The number of rotatable bonds is 4. The fourth-order valence-electron chi connectivity index (χ4n) is 2.06. The average molecular weight is 321 g/mol. The van der Waals surface area contributed by atoms with E-state index in [1.807, 2.05) is 19.1 Å². The number of benzene rings is 2. The summed E-state index contributed by atoms with van der Waals surface area (Å²) < 4.78 is 10.3. The number of hydrogen-bond acceptors (Lipinski definition) is 4. The summed E-state index contributed by atoms with van der Waals surface area (Å²) in [6.07, 6.45) is 1.43. The van der Waals surface area contributed by atoms with Crippen LogP contribution in [0.2, 0.25) is 0 Å². The smallest absolute Gasteiger partial charge is 0.343 e. The highest BCUT2D eigenvalue weighted by Crippen LogP contribution is 2.16. The van der Waals surface area contributed by atoms with Crippen molar-refractivity contribution in [2.75, 3.05) is 5.32 Å². The number of amides is 1. The van der Waals surface area contributed by atoms with Crippen molar-refractivity contribution in [2.45, 2.75) is 6.92 Å². The molecule has 0 aliphatic heterocycles. The van der Waals surface area contributed by atoms with Gasteiger partial charge in [-0.1, -0.05) is 17.7 Å². The Morgan fingerprint density at radius 1 is 0.958 bits per heavy atom. The van der Waals surface area contributed by atoms with Crippen LogP contribution in [0.25, 0.3) is 0 Å². The van der Waals surface area contributed by atoms with Crippen LogP contribution in [-0.4, -0.2) is 11.9 Å². The van der Waals surface area contributed by atoms with Crippen LogP contribution in [0.1, 0.15) is 26.5 Å². The van der Waals surface area contributed by atoms with Crippen molar-refractivity contribution in [3.05, 3.63) is 83.8 Å². The van der Waals surface area contributed by atoms with Gasteiger partial charge in [0, 0.05) is 5.69 Å². The molecule has 2 aromatic carbocycles. The van der Waals surface area contributed by atoms with Crippen molar-refractivity contribution >= 4 is 17.6 Å². The minimum atomic E-state index is -0.456. The SMILES string of the molecule is Cc1ccc(OC(=O)c2ccc(NC(=O)c3ccco3)cc2)cc1. The maximum absolute atomic E-state index is 12.1. The molecule has 0 atom stereocenters. The second kappa shape index (κ2) is 6.83. The van der Waals surface area contributed by atoms with E-state index < -0.39 is 5.97 Å². The zero-order valence-electron chi connectivity index (χ0n) is 13.0. The molecule has 0 radical (unpaired) electrons. The molecule has 1 amide bonds. The molecule has 24 heavy (non-hydrogen) atoms. The van der Waals surface area contributed by atoms with Crippen LogP contribution in [0, 0.1) is 6.92 Å². The van der Waals surface area contributed by atoms with E-state index in [2.05, 4.69) is 5.32 Å². The number of esters is 1. The highest BCUT2D eigenvalue weighted by molar-refractivity contribution is 6.02. The van der Waals surface area contributed by atoms with E-state index in [1.54, 1.807) is 48.5 Å². The largest absolute Gasteiger partial charge is 0.459 e. The summed E-state index contributed by atoms with van der Waals surface area (Å²) >= 11 is 0. The predicted octanol–water partition coefficient (Wildman–Crippen LogP) is 4.06. The highest BCUT2D eigenvalue weighted by Gasteiger charge is 2.11. The third-order valence-electron chi connectivity index (χ3n) is 3.35. The number of aryl methyl sites for hydroxylation is 1. The fourth-order valence-corrected chi connectivity index (χ4v) is 2.06. The summed E-state index contributed by atoms with van der Waals surface area (Å²) in [5.41, 5.74) is 2.04. The van der Waals surface area contributed by atoms with Crippen LogP contribution >= 0.6 is 0 Å². The molecule has 0 spiro atoms. The summed E-state index contributed by atoms with van der Waals surface area (Å²) in [6, 6.07) is 16.9. The zero-order valence-corrected chi connectivity index (χ0v) is 13.0. The molecule has 120 valence electrons. The molecule has 5 nitrogen and oxygen atoms in total. The summed E-state index contributed by atoms with van der Waals surface area (Å²) in [7, 11) is 0. The van der Waals surface area contributed by atoms with Crippen molar-refractivity contribution < 1.29 is 18.7 Å². The molecule has 0 aliphatic carbocycles. The molecule has 5 heteroatoms. The van der Waals surface area contributed by atoms with Gasteiger partial charge >= 0.3 is 5.97 Å². The molecule has 0 aliphatic rings. The first-order chi connectivity index (χ1) is 11.6. The van der Waals surface area contributed by atoms with Gasteiger partial charge < -0.3 is 14.5 Å². The van der Waals surface area contributed by atoms with E-state index in [0.29, 0.717) is 17.0 Å². The summed E-state index contributed by atoms with van der Waals surface area (Å²) in [4.78, 5) is 24.0. The Bertz CT molecular complexity index is 834. The van der Waals surface area contributed by atoms with Crippen LogP contribution in [0.5, 0.6) is 5.75 Å². The van der Waals surface area contributed by atoms with E-state index in [0.717, 1.165) is 5.56 Å². The summed E-state index contributed by atoms with van der Waals surface area (Å²) in [6.45, 7) is 1.96. The van der Waals surface area contributed by atoms with Gasteiger partial charge in [0.05, 0.1) is 11.8 Å². The molecular formula is C19H15NO4. The van der Waals surface area contributed by atoms with E-state index in [4.69, 9.17) is 9.15 Å². The number of furan rings is 1. The van der Waals surface area contributed by atoms with Gasteiger partial charge in [0.25, 0.3) is 5.91 Å². The third kappa shape index (κ3) is 3.70. The third-order valence-corrected chi connectivity index (χ3v) is 3.35. The first-order valence-electron chi connectivity index (χ1n) is 7.35. The number of carbonyl (C=O) groups is 2. The Balaban J connectivity index is 1.64. The Hall–Kier alpha value is -3.34. The lowest BCUT2D eigenvalue weighted by Crippen LogP contribution is -2.12. The van der Waals surface area contributed by atoms with Crippen molar-refractivity contribution in [1.29, 1.82) is 0 Å². The van der Waals surface area contributed by atoms with Gasteiger partial charge in [-0.25, -0.2) is 4.79 Å². The molecule has 0 bridgehead atoms. The molecule has 3 aromatic rings. The van der Waals surface area contributed by atoms with Gasteiger partial charge in [-0.3, -0.25) is 4.79 Å². The van der Waals surface area contributed by atoms with Crippen molar-refractivity contribution in [3.8, 4) is 5.75 Å². The second-order valence-electron chi connectivity index (χ2n) is 5.21. The number of hydrogen-bond donors (Lipinski definition) is 1. The van der Waals surface area contributed by atoms with Crippen LogP contribution in [0.15, 0.2) is 71.3 Å². The first-order valence-corrected chi connectivity index (χ1v) is 7.35. The highest BCUT2D eigenvalue weighted by atomic mass is 16.5. The van der Waals surface area contributed by atoms with E-state index in [9.17, 15) is 9.59 Å². The lowest BCUT2D eigenvalue weighted by Gasteiger charge is -2.06. The molecule has 1 N–H and O–H groups in total. The zero-order chi connectivity index (χ0) is 16.9. The number of carbonyl (C=O) groups excluding carboxylic acids is 2. The second-order valence-corrected chi connectivity index (χ2v) is 5.21. The summed E-state index contributed by atoms with van der Waals surface area (Å²) in [5.74, 6) is -0.101. The maximum atomic E-state index is 12.1. The van der Waals surface area contributed by atoms with Crippen LogP contribution in [0.4, 0.5) is 5.69 Å². The van der Waals surface area contributed by atoms with Crippen LogP contribution in [-0.2, 0) is 0 Å². The van der Waals surface area contributed by atoms with Gasteiger partial charge in [0.15, 0.2) is 5.76 Å². The van der Waals surface area contributed by atoms with Crippen molar-refractivity contribution in [3.63, 3.8) is 0 Å². The topological polar surface area (TPSA) is 68.5 Å². The quantitative estimate of drug-likeness (QED) is 0.581. The Morgan fingerprint density at radius 3 is 2.29 bits per heavy atom. The van der Waals surface area contributed by atoms with Crippen LogP contribution in [0.3, 0.4) is 0 Å². The lowest BCUT2D eigenvalue weighted by atomic mass is 10.2. The van der Waals surface area contributed by atoms with E-state index in [1.165, 1.54) is 6.26 Å². The molecular weight excluding hydrogens is 306 g/mol. The Morgan fingerprint density at radius 2 is 1.67 bits per heavy atom. The predicted molar refractivity (Wildman–Crippen MR) is 89.2 cm³/mol. The lowest BCUT2D eigenvalue weighted by molar-refractivity contribution is 0.0734. The normalized spacial score (nSPS) is 10.2. The first kappa shape index (κ1) is 15.6. The average Bonchev–Trinajstić information content (AvgIpc) is 3.12. The molecule has 0 saturated carbocycles. The fraction of sp³-hybridized carbons (Fsp3) is 0.0526. The van der Waals surface area contributed by atoms with Gasteiger partial charge in [0.1, 0.15) is 5.75 Å². The Kier molecular flexibility index (Phi) is 4.43. The summed E-state index contributed by atoms with van der Waals surface area (Å²) in [5, 5.41) is 2.68. The van der Waals surface area contributed by atoms with Gasteiger partial charge in [-0.15, -0.1) is 0 Å². The van der Waals surface area contributed by atoms with Gasteiger partial charge in [0.2, 0.25) is 0 Å². The number of anilines is 1. The van der Waals surface area contributed by atoms with Crippen LogP contribution < -0.4 is 10.1 Å². The maximum Gasteiger partial charge on any atom is 0.343 e. The molecule has 0 unspecified atom stereocenters. The molecule has 0 saturated heterocycles. The van der Waals surface area contributed by atoms with E-state index >= 15 is 0 Å². The minimum Gasteiger partial charge on any atom is -0.459 e. The molecule has 3 rings (SSSR count).